The lowest BCUT2D eigenvalue weighted by Gasteiger charge is -2.26. The van der Waals surface area contributed by atoms with Crippen LogP contribution in [0.5, 0.6) is 5.75 Å². The van der Waals surface area contributed by atoms with E-state index in [1.165, 1.54) is 4.90 Å². The molecule has 6 heteroatoms. The van der Waals surface area contributed by atoms with Crippen LogP contribution in [0.15, 0.2) is 24.3 Å². The number of carbonyl (C=O) groups excluding carboxylic acids is 2. The monoisotopic (exact) mass is 329 g/mol. The van der Waals surface area contributed by atoms with Crippen molar-refractivity contribution < 1.29 is 14.3 Å². The average molecular weight is 329 g/mol. The maximum atomic E-state index is 12.8. The molecule has 6 nitrogen and oxygen atoms in total. The molecule has 1 aliphatic rings. The number of ether oxygens (including phenoxy) is 1. The van der Waals surface area contributed by atoms with E-state index in [-0.39, 0.29) is 12.5 Å². The molecular weight excluding hydrogens is 306 g/mol. The summed E-state index contributed by atoms with van der Waals surface area (Å²) in [6, 6.07) is 8.92. The third-order valence-corrected chi connectivity index (χ3v) is 4.20. The van der Waals surface area contributed by atoms with Crippen LogP contribution in [0.25, 0.3) is 0 Å². The van der Waals surface area contributed by atoms with Crippen molar-refractivity contribution in [1.29, 1.82) is 5.26 Å². The number of unbranched alkanes of at least 4 members (excludes halogenated alkanes) is 1. The van der Waals surface area contributed by atoms with Gasteiger partial charge in [0.25, 0.3) is 5.91 Å². The minimum atomic E-state index is -1.03. The van der Waals surface area contributed by atoms with Crippen molar-refractivity contribution in [3.8, 4) is 11.8 Å². The highest BCUT2D eigenvalue weighted by Crippen LogP contribution is 2.33. The van der Waals surface area contributed by atoms with Crippen LogP contribution in [0, 0.1) is 11.3 Å². The molecule has 1 heterocycles. The number of benzene rings is 1. The molecule has 1 N–H and O–H groups in total. The first-order valence-corrected chi connectivity index (χ1v) is 8.33. The summed E-state index contributed by atoms with van der Waals surface area (Å²) in [5, 5.41) is 11.5. The maximum Gasteiger partial charge on any atom is 0.325 e. The molecule has 3 amide bonds. The maximum absolute atomic E-state index is 12.8. The van der Waals surface area contributed by atoms with Gasteiger partial charge in [0.2, 0.25) is 0 Å². The normalized spacial score (nSPS) is 20.0. The SMILES string of the molecule is CCCOc1ccc(C2(CC)NC(=O)N(CCCC#N)C2=O)cc1. The van der Waals surface area contributed by atoms with E-state index in [9.17, 15) is 9.59 Å². The van der Waals surface area contributed by atoms with Gasteiger partial charge in [-0.05, 0) is 37.0 Å². The summed E-state index contributed by atoms with van der Waals surface area (Å²) in [7, 11) is 0. The van der Waals surface area contributed by atoms with Gasteiger partial charge in [-0.1, -0.05) is 26.0 Å². The second kappa shape index (κ2) is 7.82. The molecule has 1 aliphatic heterocycles. The first-order valence-electron chi connectivity index (χ1n) is 8.33. The fraction of sp³-hybridized carbons (Fsp3) is 0.500. The largest absolute Gasteiger partial charge is 0.494 e. The molecule has 128 valence electrons. The van der Waals surface area contributed by atoms with Crippen molar-refractivity contribution in [2.24, 2.45) is 0 Å². The second-order valence-corrected chi connectivity index (χ2v) is 5.78. The molecule has 1 aromatic carbocycles. The molecule has 1 saturated heterocycles. The van der Waals surface area contributed by atoms with Gasteiger partial charge in [-0.2, -0.15) is 5.26 Å². The van der Waals surface area contributed by atoms with Crippen LogP contribution < -0.4 is 10.1 Å². The molecule has 0 saturated carbocycles. The van der Waals surface area contributed by atoms with Gasteiger partial charge in [0.05, 0.1) is 12.7 Å². The van der Waals surface area contributed by atoms with Gasteiger partial charge in [0.15, 0.2) is 0 Å². The van der Waals surface area contributed by atoms with E-state index in [1.54, 1.807) is 0 Å². The first kappa shape index (κ1) is 17.8. The van der Waals surface area contributed by atoms with Crippen LogP contribution in [0.1, 0.15) is 45.1 Å². The minimum Gasteiger partial charge on any atom is -0.494 e. The molecule has 1 atom stereocenters. The molecule has 1 aromatic rings. The van der Waals surface area contributed by atoms with Crippen LogP contribution >= 0.6 is 0 Å². The topological polar surface area (TPSA) is 82.4 Å². The summed E-state index contributed by atoms with van der Waals surface area (Å²) >= 11 is 0. The third kappa shape index (κ3) is 3.35. The number of carbonyl (C=O) groups is 2. The number of urea groups is 1. The third-order valence-electron chi connectivity index (χ3n) is 4.20. The molecule has 0 aliphatic carbocycles. The van der Waals surface area contributed by atoms with Crippen molar-refractivity contribution in [2.75, 3.05) is 13.2 Å². The fourth-order valence-electron chi connectivity index (χ4n) is 2.84. The summed E-state index contributed by atoms with van der Waals surface area (Å²) in [5.41, 5.74) is -0.289. The van der Waals surface area contributed by atoms with E-state index < -0.39 is 11.6 Å². The van der Waals surface area contributed by atoms with Crippen molar-refractivity contribution >= 4 is 11.9 Å². The van der Waals surface area contributed by atoms with E-state index in [4.69, 9.17) is 10.00 Å². The standard InChI is InChI=1S/C18H23N3O3/c1-3-13-24-15-9-7-14(8-10-15)18(4-2)16(22)21(17(23)20-18)12-6-5-11-19/h7-10H,3-6,12-13H2,1-2H3,(H,20,23). The average Bonchev–Trinajstić information content (AvgIpc) is 2.85. The number of amides is 3. The summed E-state index contributed by atoms with van der Waals surface area (Å²) in [4.78, 5) is 26.3. The highest BCUT2D eigenvalue weighted by atomic mass is 16.5. The molecule has 2 rings (SSSR count). The van der Waals surface area contributed by atoms with Crippen molar-refractivity contribution in [3.05, 3.63) is 29.8 Å². The quantitative estimate of drug-likeness (QED) is 0.587. The molecule has 0 aromatic heterocycles. The van der Waals surface area contributed by atoms with Crippen LogP contribution in [0.3, 0.4) is 0 Å². The lowest BCUT2D eigenvalue weighted by molar-refractivity contribution is -0.131. The molecule has 0 radical (unpaired) electrons. The Morgan fingerprint density at radius 1 is 1.25 bits per heavy atom. The predicted molar refractivity (Wildman–Crippen MR) is 89.3 cm³/mol. The van der Waals surface area contributed by atoms with Gasteiger partial charge in [0, 0.05) is 13.0 Å². The molecule has 1 fully saturated rings. The Morgan fingerprint density at radius 3 is 2.54 bits per heavy atom. The second-order valence-electron chi connectivity index (χ2n) is 5.78. The van der Waals surface area contributed by atoms with Crippen molar-refractivity contribution in [1.82, 2.24) is 10.2 Å². The summed E-state index contributed by atoms with van der Waals surface area (Å²) < 4.78 is 5.56. The summed E-state index contributed by atoms with van der Waals surface area (Å²) in [6.45, 7) is 4.81. The summed E-state index contributed by atoms with van der Waals surface area (Å²) in [6.07, 6.45) is 2.19. The van der Waals surface area contributed by atoms with Gasteiger partial charge >= 0.3 is 6.03 Å². The zero-order chi connectivity index (χ0) is 17.6. The van der Waals surface area contributed by atoms with E-state index >= 15 is 0 Å². The Morgan fingerprint density at radius 2 is 1.96 bits per heavy atom. The van der Waals surface area contributed by atoms with Gasteiger partial charge in [0.1, 0.15) is 11.3 Å². The number of imide groups is 1. The van der Waals surface area contributed by atoms with E-state index in [2.05, 4.69) is 5.32 Å². The molecule has 1 unspecified atom stereocenters. The zero-order valence-corrected chi connectivity index (χ0v) is 14.2. The number of nitrogens with zero attached hydrogens (tertiary/aromatic N) is 2. The molecule has 0 spiro atoms. The number of rotatable bonds is 8. The van der Waals surface area contributed by atoms with Crippen molar-refractivity contribution in [3.63, 3.8) is 0 Å². The van der Waals surface area contributed by atoms with Crippen molar-refractivity contribution in [2.45, 2.75) is 45.1 Å². The highest BCUT2D eigenvalue weighted by molar-refractivity contribution is 6.07. The zero-order valence-electron chi connectivity index (χ0n) is 14.2. The van der Waals surface area contributed by atoms with Crippen LogP contribution in [0.2, 0.25) is 0 Å². The number of hydrogen-bond acceptors (Lipinski definition) is 4. The molecule has 0 bridgehead atoms. The van der Waals surface area contributed by atoms with Crippen LogP contribution in [-0.4, -0.2) is 30.0 Å². The van der Waals surface area contributed by atoms with Crippen LogP contribution in [0.4, 0.5) is 4.79 Å². The fourth-order valence-corrected chi connectivity index (χ4v) is 2.84. The Kier molecular flexibility index (Phi) is 5.80. The Bertz CT molecular complexity index is 636. The highest BCUT2D eigenvalue weighted by Gasteiger charge is 2.50. The molecular formula is C18H23N3O3. The smallest absolute Gasteiger partial charge is 0.325 e. The van der Waals surface area contributed by atoms with Gasteiger partial charge in [-0.15, -0.1) is 0 Å². The number of nitriles is 1. The Labute approximate surface area is 142 Å². The lowest BCUT2D eigenvalue weighted by atomic mass is 9.87. The lowest BCUT2D eigenvalue weighted by Crippen LogP contribution is -2.43. The Balaban J connectivity index is 2.20. The van der Waals surface area contributed by atoms with E-state index in [0.717, 1.165) is 17.7 Å². The van der Waals surface area contributed by atoms with Crippen LogP contribution in [-0.2, 0) is 10.3 Å². The minimum absolute atomic E-state index is 0.254. The van der Waals surface area contributed by atoms with Gasteiger partial charge < -0.3 is 10.1 Å². The Hall–Kier alpha value is -2.55. The molecule has 24 heavy (non-hydrogen) atoms. The number of nitrogens with one attached hydrogen (secondary N) is 1. The van der Waals surface area contributed by atoms with E-state index in [1.807, 2.05) is 44.2 Å². The number of hydrogen-bond donors (Lipinski definition) is 1. The summed E-state index contributed by atoms with van der Waals surface area (Å²) in [5.74, 6) is 0.490. The van der Waals surface area contributed by atoms with Gasteiger partial charge in [-0.25, -0.2) is 4.79 Å². The van der Waals surface area contributed by atoms with E-state index in [0.29, 0.717) is 25.9 Å². The van der Waals surface area contributed by atoms with Gasteiger partial charge in [-0.3, -0.25) is 9.69 Å². The first-order chi connectivity index (χ1) is 11.6. The predicted octanol–water partition coefficient (Wildman–Crippen LogP) is 2.94.